The monoisotopic (exact) mass is 349 g/mol. The van der Waals surface area contributed by atoms with Crippen LogP contribution in [-0.4, -0.2) is 17.7 Å². The fraction of sp³-hybridized carbons (Fsp3) is 0.0625. The van der Waals surface area contributed by atoms with Gasteiger partial charge >= 0.3 is 11.8 Å². The number of carbonyl (C=O) groups excluding carboxylic acids is 3. The van der Waals surface area contributed by atoms with Crippen molar-refractivity contribution in [3.05, 3.63) is 53.3 Å². The molecule has 124 valence electrons. The molecule has 24 heavy (non-hydrogen) atoms. The van der Waals surface area contributed by atoms with Gasteiger partial charge in [-0.15, -0.1) is 0 Å². The van der Waals surface area contributed by atoms with Crippen molar-refractivity contribution >= 4 is 46.4 Å². The number of nitrogens with one attached hydrogen (secondary N) is 3. The first kappa shape index (κ1) is 17.4. The van der Waals surface area contributed by atoms with Crippen molar-refractivity contribution in [2.24, 2.45) is 0 Å². The van der Waals surface area contributed by atoms with Crippen molar-refractivity contribution in [3.63, 3.8) is 0 Å². The van der Waals surface area contributed by atoms with Crippen LogP contribution < -0.4 is 16.0 Å². The third kappa shape index (κ3) is 4.79. The van der Waals surface area contributed by atoms with Gasteiger partial charge in [-0.05, 0) is 36.4 Å². The van der Waals surface area contributed by atoms with E-state index in [4.69, 9.17) is 11.6 Å². The van der Waals surface area contributed by atoms with E-state index in [1.807, 2.05) is 0 Å². The second-order valence-electron chi connectivity index (χ2n) is 4.80. The molecule has 3 amide bonds. The second-order valence-corrected chi connectivity index (χ2v) is 5.21. The summed E-state index contributed by atoms with van der Waals surface area (Å²) in [6.45, 7) is 1.35. The Bertz CT molecular complexity index is 811. The number of hydrogen-bond donors (Lipinski definition) is 3. The predicted octanol–water partition coefficient (Wildman–Crippen LogP) is 3.01. The summed E-state index contributed by atoms with van der Waals surface area (Å²) < 4.78 is 13.1. The lowest BCUT2D eigenvalue weighted by Gasteiger charge is -2.08. The zero-order valence-corrected chi connectivity index (χ0v) is 13.3. The van der Waals surface area contributed by atoms with Crippen molar-refractivity contribution in [3.8, 4) is 0 Å². The first-order valence-corrected chi connectivity index (χ1v) is 7.18. The van der Waals surface area contributed by atoms with Gasteiger partial charge in [-0.25, -0.2) is 4.39 Å². The number of halogens is 2. The standard InChI is InChI=1S/C16H13ClFN3O3/c1-9(22)19-10-3-2-4-11(7-10)20-15(23)16(24)21-12-5-6-14(18)13(17)8-12/h2-8H,1H3,(H,19,22)(H,20,23)(H,21,24). The molecule has 0 bridgehead atoms. The number of rotatable bonds is 3. The Kier molecular flexibility index (Phi) is 5.49. The molecule has 0 atom stereocenters. The van der Waals surface area contributed by atoms with E-state index >= 15 is 0 Å². The summed E-state index contributed by atoms with van der Waals surface area (Å²) in [5.41, 5.74) is 0.998. The SMILES string of the molecule is CC(=O)Nc1cccc(NC(=O)C(=O)Nc2ccc(F)c(Cl)c2)c1. The number of hydrogen-bond acceptors (Lipinski definition) is 3. The lowest BCUT2D eigenvalue weighted by Crippen LogP contribution is -2.29. The predicted molar refractivity (Wildman–Crippen MR) is 89.4 cm³/mol. The van der Waals surface area contributed by atoms with Gasteiger partial charge in [0.15, 0.2) is 0 Å². The van der Waals surface area contributed by atoms with Crippen molar-refractivity contribution in [2.75, 3.05) is 16.0 Å². The van der Waals surface area contributed by atoms with Gasteiger partial charge in [0.1, 0.15) is 5.82 Å². The van der Waals surface area contributed by atoms with Crippen molar-refractivity contribution in [2.45, 2.75) is 6.92 Å². The summed E-state index contributed by atoms with van der Waals surface area (Å²) in [6, 6.07) is 9.86. The van der Waals surface area contributed by atoms with Crippen molar-refractivity contribution in [1.29, 1.82) is 0 Å². The molecular formula is C16H13ClFN3O3. The molecule has 0 heterocycles. The van der Waals surface area contributed by atoms with E-state index in [0.29, 0.717) is 11.4 Å². The van der Waals surface area contributed by atoms with Crippen molar-refractivity contribution in [1.82, 2.24) is 0 Å². The molecule has 0 aromatic heterocycles. The summed E-state index contributed by atoms with van der Waals surface area (Å²) in [4.78, 5) is 34.7. The van der Waals surface area contributed by atoms with Crippen LogP contribution in [-0.2, 0) is 14.4 Å². The maximum atomic E-state index is 13.1. The highest BCUT2D eigenvalue weighted by molar-refractivity contribution is 6.43. The quantitative estimate of drug-likeness (QED) is 0.744. The highest BCUT2D eigenvalue weighted by Crippen LogP contribution is 2.19. The molecule has 2 rings (SSSR count). The smallest absolute Gasteiger partial charge is 0.314 e. The number of benzene rings is 2. The molecule has 0 spiro atoms. The molecule has 0 aliphatic carbocycles. The van der Waals surface area contributed by atoms with E-state index < -0.39 is 17.6 Å². The topological polar surface area (TPSA) is 87.3 Å². The third-order valence-corrected chi connectivity index (χ3v) is 3.11. The Balaban J connectivity index is 2.02. The van der Waals surface area contributed by atoms with Crippen LogP contribution in [0.25, 0.3) is 0 Å². The van der Waals surface area contributed by atoms with Crippen LogP contribution in [0.15, 0.2) is 42.5 Å². The maximum absolute atomic E-state index is 13.1. The summed E-state index contributed by atoms with van der Waals surface area (Å²) in [5, 5.41) is 7.09. The average Bonchev–Trinajstić information content (AvgIpc) is 2.50. The van der Waals surface area contributed by atoms with Gasteiger partial charge in [0.2, 0.25) is 5.91 Å². The molecule has 6 nitrogen and oxygen atoms in total. The minimum atomic E-state index is -0.942. The Labute approximate surface area is 142 Å². The number of carbonyl (C=O) groups is 3. The molecule has 2 aromatic carbocycles. The van der Waals surface area contributed by atoms with E-state index in [9.17, 15) is 18.8 Å². The maximum Gasteiger partial charge on any atom is 0.314 e. The first-order valence-electron chi connectivity index (χ1n) is 6.80. The van der Waals surface area contributed by atoms with Crippen LogP contribution in [0.1, 0.15) is 6.92 Å². The van der Waals surface area contributed by atoms with Gasteiger partial charge in [0.05, 0.1) is 5.02 Å². The number of anilines is 3. The lowest BCUT2D eigenvalue weighted by molar-refractivity contribution is -0.132. The molecule has 0 fully saturated rings. The normalized spacial score (nSPS) is 9.96. The first-order chi connectivity index (χ1) is 11.3. The Hall–Kier alpha value is -2.93. The summed E-state index contributed by atoms with van der Waals surface area (Å²) in [6.07, 6.45) is 0. The number of amides is 3. The highest BCUT2D eigenvalue weighted by Gasteiger charge is 2.15. The highest BCUT2D eigenvalue weighted by atomic mass is 35.5. The zero-order chi connectivity index (χ0) is 17.7. The lowest BCUT2D eigenvalue weighted by atomic mass is 10.2. The molecule has 0 saturated heterocycles. The van der Waals surface area contributed by atoms with Crippen LogP contribution in [0.2, 0.25) is 5.02 Å². The third-order valence-electron chi connectivity index (χ3n) is 2.82. The average molecular weight is 350 g/mol. The Morgan fingerprint density at radius 1 is 0.875 bits per heavy atom. The van der Waals surface area contributed by atoms with Crippen LogP contribution in [0, 0.1) is 5.82 Å². The summed E-state index contributed by atoms with van der Waals surface area (Å²) >= 11 is 5.60. The van der Waals surface area contributed by atoms with Crippen molar-refractivity contribution < 1.29 is 18.8 Å². The van der Waals surface area contributed by atoms with Gasteiger partial charge < -0.3 is 16.0 Å². The zero-order valence-electron chi connectivity index (χ0n) is 12.5. The molecule has 0 radical (unpaired) electrons. The van der Waals surface area contributed by atoms with Crippen LogP contribution in [0.4, 0.5) is 21.5 Å². The van der Waals surface area contributed by atoms with Gasteiger partial charge in [0, 0.05) is 24.0 Å². The van der Waals surface area contributed by atoms with E-state index in [0.717, 1.165) is 6.07 Å². The van der Waals surface area contributed by atoms with E-state index in [-0.39, 0.29) is 16.6 Å². The van der Waals surface area contributed by atoms with Crippen LogP contribution in [0.3, 0.4) is 0 Å². The van der Waals surface area contributed by atoms with E-state index in [2.05, 4.69) is 16.0 Å². The van der Waals surface area contributed by atoms with E-state index in [1.54, 1.807) is 18.2 Å². The minimum Gasteiger partial charge on any atom is -0.326 e. The van der Waals surface area contributed by atoms with Gasteiger partial charge in [-0.3, -0.25) is 14.4 Å². The summed E-state index contributed by atoms with van der Waals surface area (Å²) in [5.74, 6) is -2.75. The fourth-order valence-electron chi connectivity index (χ4n) is 1.83. The molecule has 0 saturated carbocycles. The van der Waals surface area contributed by atoms with Crippen LogP contribution in [0.5, 0.6) is 0 Å². The second kappa shape index (κ2) is 7.56. The fourth-order valence-corrected chi connectivity index (χ4v) is 2.01. The van der Waals surface area contributed by atoms with E-state index in [1.165, 1.54) is 25.1 Å². The van der Waals surface area contributed by atoms with Crippen LogP contribution >= 0.6 is 11.6 Å². The Morgan fingerprint density at radius 3 is 1.96 bits per heavy atom. The molecular weight excluding hydrogens is 337 g/mol. The molecule has 2 aromatic rings. The molecule has 3 N–H and O–H groups in total. The molecule has 0 aliphatic heterocycles. The molecule has 0 unspecified atom stereocenters. The minimum absolute atomic E-state index is 0.170. The Morgan fingerprint density at radius 2 is 1.42 bits per heavy atom. The summed E-state index contributed by atoms with van der Waals surface area (Å²) in [7, 11) is 0. The molecule has 0 aliphatic rings. The molecule has 8 heteroatoms. The van der Waals surface area contributed by atoms with Gasteiger partial charge in [-0.2, -0.15) is 0 Å². The largest absolute Gasteiger partial charge is 0.326 e. The van der Waals surface area contributed by atoms with Gasteiger partial charge in [-0.1, -0.05) is 17.7 Å². The van der Waals surface area contributed by atoms with Gasteiger partial charge in [0.25, 0.3) is 0 Å².